The highest BCUT2D eigenvalue weighted by Gasteiger charge is 2.29. The Hall–Kier alpha value is -2.50. The number of nitrogens with zero attached hydrogens (tertiary/aromatic N) is 1. The molecule has 26 heavy (non-hydrogen) atoms. The minimum atomic E-state index is -0.569. The Balaban J connectivity index is 1.94. The van der Waals surface area contributed by atoms with Crippen LogP contribution >= 0.6 is 0 Å². The molecule has 1 saturated heterocycles. The molecule has 0 aromatic heterocycles. The van der Waals surface area contributed by atoms with Crippen LogP contribution in [0, 0.1) is 0 Å². The van der Waals surface area contributed by atoms with Crippen LogP contribution in [-0.2, 0) is 14.3 Å². The molecule has 0 aliphatic carbocycles. The van der Waals surface area contributed by atoms with Gasteiger partial charge >= 0.3 is 5.97 Å². The third-order valence-electron chi connectivity index (χ3n) is 4.66. The van der Waals surface area contributed by atoms with Crippen LogP contribution in [0.4, 0.5) is 0 Å². The lowest BCUT2D eigenvalue weighted by Gasteiger charge is -2.38. The molecule has 1 heterocycles. The second-order valence-corrected chi connectivity index (χ2v) is 6.48. The fourth-order valence-corrected chi connectivity index (χ4v) is 3.30. The number of likely N-dealkylation sites (tertiary alicyclic amines) is 1. The number of amides is 1. The van der Waals surface area contributed by atoms with Gasteiger partial charge in [0.15, 0.2) is 6.61 Å². The number of hydrogen-bond donors (Lipinski definition) is 0. The number of ether oxygens (including phenoxy) is 3. The smallest absolute Gasteiger partial charge is 0.331 e. The molecule has 1 amide bonds. The zero-order chi connectivity index (χ0) is 19.1. The van der Waals surface area contributed by atoms with E-state index >= 15 is 0 Å². The molecule has 142 valence electrons. The van der Waals surface area contributed by atoms with Gasteiger partial charge in [-0.05, 0) is 57.4 Å². The average molecular weight is 361 g/mol. The maximum Gasteiger partial charge on any atom is 0.331 e. The molecule has 2 atom stereocenters. The Morgan fingerprint density at radius 3 is 2.46 bits per heavy atom. The van der Waals surface area contributed by atoms with Gasteiger partial charge in [0.1, 0.15) is 11.5 Å². The highest BCUT2D eigenvalue weighted by Crippen LogP contribution is 2.25. The Bertz CT molecular complexity index is 660. The molecule has 0 unspecified atom stereocenters. The van der Waals surface area contributed by atoms with E-state index in [1.807, 2.05) is 18.7 Å². The summed E-state index contributed by atoms with van der Waals surface area (Å²) in [6, 6.07) is 5.65. The number of hydrogen-bond acceptors (Lipinski definition) is 5. The van der Waals surface area contributed by atoms with Crippen LogP contribution in [0.3, 0.4) is 0 Å². The van der Waals surface area contributed by atoms with Crippen molar-refractivity contribution in [2.45, 2.75) is 45.2 Å². The van der Waals surface area contributed by atoms with Gasteiger partial charge in [0.05, 0.1) is 14.2 Å². The van der Waals surface area contributed by atoms with E-state index in [9.17, 15) is 9.59 Å². The van der Waals surface area contributed by atoms with Crippen molar-refractivity contribution < 1.29 is 23.8 Å². The van der Waals surface area contributed by atoms with Crippen molar-refractivity contribution in [3.8, 4) is 11.5 Å². The van der Waals surface area contributed by atoms with Crippen LogP contribution in [0.1, 0.15) is 38.7 Å². The standard InChI is InChI=1S/C20H27NO5/c1-14-6-5-7-15(2)21(14)19(22)13-26-20(23)11-8-16-12-17(24-3)9-10-18(16)25-4/h8-12,14-15H,5-7,13H2,1-4H3/b11-8+/t14-,15-/m1/s1. The van der Waals surface area contributed by atoms with Crippen LogP contribution in [0.15, 0.2) is 24.3 Å². The van der Waals surface area contributed by atoms with Gasteiger partial charge in [-0.2, -0.15) is 0 Å². The molecule has 1 aliphatic rings. The lowest BCUT2D eigenvalue weighted by molar-refractivity contribution is -0.151. The number of methoxy groups -OCH3 is 2. The van der Waals surface area contributed by atoms with E-state index in [2.05, 4.69) is 0 Å². The molecule has 0 saturated carbocycles. The van der Waals surface area contributed by atoms with E-state index in [1.54, 1.807) is 38.5 Å². The fourth-order valence-electron chi connectivity index (χ4n) is 3.30. The SMILES string of the molecule is COc1ccc(OC)c(/C=C/C(=O)OCC(=O)N2[C@H](C)CCC[C@H]2C)c1. The van der Waals surface area contributed by atoms with Gasteiger partial charge < -0.3 is 19.1 Å². The van der Waals surface area contributed by atoms with Crippen molar-refractivity contribution >= 4 is 18.0 Å². The Labute approximate surface area is 154 Å². The quantitative estimate of drug-likeness (QED) is 0.576. The van der Waals surface area contributed by atoms with E-state index < -0.39 is 5.97 Å². The molecule has 6 nitrogen and oxygen atoms in total. The first-order valence-corrected chi connectivity index (χ1v) is 8.84. The summed E-state index contributed by atoms with van der Waals surface area (Å²) in [6.07, 6.45) is 5.96. The molecule has 0 bridgehead atoms. The molecule has 1 aromatic carbocycles. The maximum atomic E-state index is 12.4. The van der Waals surface area contributed by atoms with Crippen molar-refractivity contribution in [3.63, 3.8) is 0 Å². The van der Waals surface area contributed by atoms with Gasteiger partial charge in [-0.25, -0.2) is 4.79 Å². The van der Waals surface area contributed by atoms with E-state index in [-0.39, 0.29) is 24.6 Å². The number of esters is 1. The Morgan fingerprint density at radius 1 is 1.15 bits per heavy atom. The third-order valence-corrected chi connectivity index (χ3v) is 4.66. The summed E-state index contributed by atoms with van der Waals surface area (Å²) < 4.78 is 15.5. The van der Waals surface area contributed by atoms with Gasteiger partial charge in [0, 0.05) is 23.7 Å². The highest BCUT2D eigenvalue weighted by molar-refractivity contribution is 5.90. The summed E-state index contributed by atoms with van der Waals surface area (Å²) in [4.78, 5) is 26.2. The first kappa shape index (κ1) is 19.8. The zero-order valence-electron chi connectivity index (χ0n) is 15.9. The molecule has 1 aromatic rings. The molecule has 0 radical (unpaired) electrons. The van der Waals surface area contributed by atoms with Crippen molar-refractivity contribution in [1.82, 2.24) is 4.90 Å². The van der Waals surface area contributed by atoms with E-state index in [0.717, 1.165) is 19.3 Å². The number of piperidine rings is 1. The van der Waals surface area contributed by atoms with Crippen molar-refractivity contribution in [3.05, 3.63) is 29.8 Å². The lowest BCUT2D eigenvalue weighted by atomic mass is 9.97. The molecular formula is C20H27NO5. The predicted molar refractivity (Wildman–Crippen MR) is 99.2 cm³/mol. The average Bonchev–Trinajstić information content (AvgIpc) is 2.64. The van der Waals surface area contributed by atoms with Crippen LogP contribution < -0.4 is 9.47 Å². The number of rotatable bonds is 6. The van der Waals surface area contributed by atoms with Crippen LogP contribution in [0.2, 0.25) is 0 Å². The van der Waals surface area contributed by atoms with Gasteiger partial charge in [0.25, 0.3) is 5.91 Å². The summed E-state index contributed by atoms with van der Waals surface area (Å²) in [7, 11) is 3.12. The third kappa shape index (κ3) is 5.00. The first-order valence-electron chi connectivity index (χ1n) is 8.84. The van der Waals surface area contributed by atoms with Crippen molar-refractivity contribution in [2.24, 2.45) is 0 Å². The van der Waals surface area contributed by atoms with Gasteiger partial charge in [-0.3, -0.25) is 4.79 Å². The lowest BCUT2D eigenvalue weighted by Crippen LogP contribution is -2.49. The van der Waals surface area contributed by atoms with Gasteiger partial charge in [-0.15, -0.1) is 0 Å². The molecular weight excluding hydrogens is 334 g/mol. The van der Waals surface area contributed by atoms with Crippen molar-refractivity contribution in [1.29, 1.82) is 0 Å². The van der Waals surface area contributed by atoms with E-state index in [1.165, 1.54) is 6.08 Å². The van der Waals surface area contributed by atoms with Crippen LogP contribution in [0.5, 0.6) is 11.5 Å². The summed E-state index contributed by atoms with van der Waals surface area (Å²) in [5, 5.41) is 0. The molecule has 0 spiro atoms. The summed E-state index contributed by atoms with van der Waals surface area (Å²) in [5.41, 5.74) is 0.688. The van der Waals surface area contributed by atoms with Crippen molar-refractivity contribution in [2.75, 3.05) is 20.8 Å². The minimum absolute atomic E-state index is 0.148. The normalized spacial score (nSPS) is 20.1. The molecule has 6 heteroatoms. The van der Waals surface area contributed by atoms with E-state index in [0.29, 0.717) is 17.1 Å². The molecule has 1 fully saturated rings. The van der Waals surface area contributed by atoms with Gasteiger partial charge in [-0.1, -0.05) is 0 Å². The second-order valence-electron chi connectivity index (χ2n) is 6.48. The fraction of sp³-hybridized carbons (Fsp3) is 0.500. The summed E-state index contributed by atoms with van der Waals surface area (Å²) in [5.74, 6) is 0.551. The van der Waals surface area contributed by atoms with E-state index in [4.69, 9.17) is 14.2 Å². The molecule has 2 rings (SSSR count). The number of carbonyl (C=O) groups is 2. The summed E-state index contributed by atoms with van der Waals surface area (Å²) >= 11 is 0. The number of benzene rings is 1. The monoisotopic (exact) mass is 361 g/mol. The minimum Gasteiger partial charge on any atom is -0.497 e. The zero-order valence-corrected chi connectivity index (χ0v) is 15.9. The Morgan fingerprint density at radius 2 is 1.85 bits per heavy atom. The first-order chi connectivity index (χ1) is 12.5. The van der Waals surface area contributed by atoms with Crippen LogP contribution in [-0.4, -0.2) is 49.7 Å². The van der Waals surface area contributed by atoms with Gasteiger partial charge in [0.2, 0.25) is 0 Å². The maximum absolute atomic E-state index is 12.4. The highest BCUT2D eigenvalue weighted by atomic mass is 16.5. The Kier molecular flexibility index (Phi) is 7.06. The topological polar surface area (TPSA) is 65.1 Å². The molecule has 1 aliphatic heterocycles. The largest absolute Gasteiger partial charge is 0.497 e. The molecule has 0 N–H and O–H groups in total. The predicted octanol–water partition coefficient (Wildman–Crippen LogP) is 3.05. The second kappa shape index (κ2) is 9.27. The summed E-state index contributed by atoms with van der Waals surface area (Å²) in [6.45, 7) is 3.82. The number of carbonyl (C=O) groups excluding carboxylic acids is 2. The van der Waals surface area contributed by atoms with Crippen LogP contribution in [0.25, 0.3) is 6.08 Å².